The van der Waals surface area contributed by atoms with Gasteiger partial charge in [0.15, 0.2) is 5.15 Å². The summed E-state index contributed by atoms with van der Waals surface area (Å²) in [6.45, 7) is 1.13. The minimum Gasteiger partial charge on any atom is -0.268 e. The van der Waals surface area contributed by atoms with Gasteiger partial charge in [0.1, 0.15) is 0 Å². The molecule has 0 radical (unpaired) electrons. The van der Waals surface area contributed by atoms with Gasteiger partial charge in [-0.25, -0.2) is 4.98 Å². The first-order valence-electron chi connectivity index (χ1n) is 5.98. The van der Waals surface area contributed by atoms with Gasteiger partial charge in [-0.2, -0.15) is 12.7 Å². The van der Waals surface area contributed by atoms with Crippen LogP contribution in [-0.2, 0) is 10.2 Å². The first-order valence-corrected chi connectivity index (χ1v) is 7.80. The summed E-state index contributed by atoms with van der Waals surface area (Å²) in [6, 6.07) is 3.25. The summed E-state index contributed by atoms with van der Waals surface area (Å²) >= 11 is 5.84. The van der Waals surface area contributed by atoms with Crippen molar-refractivity contribution >= 4 is 27.5 Å². The molecule has 1 aromatic rings. The van der Waals surface area contributed by atoms with E-state index < -0.39 is 10.2 Å². The first kappa shape index (κ1) is 13.6. The third kappa shape index (κ3) is 3.34. The molecule has 0 saturated carbocycles. The molecule has 0 aliphatic carbocycles. The Balaban J connectivity index is 2.13. The predicted molar refractivity (Wildman–Crippen MR) is 71.8 cm³/mol. The second-order valence-corrected chi connectivity index (χ2v) is 6.29. The summed E-state index contributed by atoms with van der Waals surface area (Å²) in [5.74, 6) is 0. The van der Waals surface area contributed by atoms with E-state index in [0.717, 1.165) is 25.7 Å². The number of rotatable bonds is 3. The summed E-state index contributed by atoms with van der Waals surface area (Å²) in [6.07, 6.45) is 5.49. The van der Waals surface area contributed by atoms with Crippen LogP contribution in [0.15, 0.2) is 18.3 Å². The van der Waals surface area contributed by atoms with Gasteiger partial charge in [0, 0.05) is 19.3 Å². The second kappa shape index (κ2) is 5.86. The molecule has 7 heteroatoms. The van der Waals surface area contributed by atoms with E-state index in [0.29, 0.717) is 18.8 Å². The molecule has 1 fully saturated rings. The van der Waals surface area contributed by atoms with Gasteiger partial charge in [-0.05, 0) is 25.0 Å². The first-order chi connectivity index (χ1) is 8.59. The van der Waals surface area contributed by atoms with E-state index in [1.54, 1.807) is 12.1 Å². The lowest BCUT2D eigenvalue weighted by atomic mass is 10.2. The number of anilines is 1. The Labute approximate surface area is 112 Å². The summed E-state index contributed by atoms with van der Waals surface area (Å²) in [4.78, 5) is 3.85. The SMILES string of the molecule is O=S(=O)(Nc1cccnc1Cl)N1CCCCCC1. The molecular weight excluding hydrogens is 274 g/mol. The maximum atomic E-state index is 12.2. The number of nitrogens with one attached hydrogen (secondary N) is 1. The molecule has 2 heterocycles. The Morgan fingerprint density at radius 3 is 2.50 bits per heavy atom. The molecule has 0 bridgehead atoms. The van der Waals surface area contributed by atoms with Gasteiger partial charge in [0.2, 0.25) is 0 Å². The highest BCUT2D eigenvalue weighted by Crippen LogP contribution is 2.21. The highest BCUT2D eigenvalue weighted by Gasteiger charge is 2.23. The Hall–Kier alpha value is -0.850. The average molecular weight is 290 g/mol. The molecule has 1 aliphatic rings. The van der Waals surface area contributed by atoms with E-state index in [1.165, 1.54) is 10.5 Å². The number of hydrogen-bond acceptors (Lipinski definition) is 3. The van der Waals surface area contributed by atoms with E-state index in [4.69, 9.17) is 11.6 Å². The Bertz CT molecular complexity index is 499. The fraction of sp³-hybridized carbons (Fsp3) is 0.545. The third-order valence-corrected chi connectivity index (χ3v) is 4.73. The second-order valence-electron chi connectivity index (χ2n) is 4.26. The highest BCUT2D eigenvalue weighted by atomic mass is 35.5. The van der Waals surface area contributed by atoms with E-state index in [1.807, 2.05) is 0 Å². The van der Waals surface area contributed by atoms with Crippen LogP contribution in [0.5, 0.6) is 0 Å². The lowest BCUT2D eigenvalue weighted by Gasteiger charge is -2.20. The minimum atomic E-state index is -3.52. The summed E-state index contributed by atoms with van der Waals surface area (Å²) < 4.78 is 28.3. The molecule has 1 saturated heterocycles. The molecule has 2 rings (SSSR count). The van der Waals surface area contributed by atoms with Gasteiger partial charge >= 0.3 is 10.2 Å². The molecule has 5 nitrogen and oxygen atoms in total. The fourth-order valence-corrected chi connectivity index (χ4v) is 3.48. The van der Waals surface area contributed by atoms with Crippen LogP contribution in [0.3, 0.4) is 0 Å². The quantitative estimate of drug-likeness (QED) is 0.868. The largest absolute Gasteiger partial charge is 0.301 e. The van der Waals surface area contributed by atoms with Crippen molar-refractivity contribution in [3.63, 3.8) is 0 Å². The van der Waals surface area contributed by atoms with Crippen molar-refractivity contribution in [3.8, 4) is 0 Å². The zero-order valence-corrected chi connectivity index (χ0v) is 11.5. The highest BCUT2D eigenvalue weighted by molar-refractivity contribution is 7.90. The van der Waals surface area contributed by atoms with Gasteiger partial charge in [-0.1, -0.05) is 24.4 Å². The van der Waals surface area contributed by atoms with Crippen molar-refractivity contribution in [1.82, 2.24) is 9.29 Å². The zero-order valence-electron chi connectivity index (χ0n) is 9.97. The van der Waals surface area contributed by atoms with E-state index in [-0.39, 0.29) is 5.15 Å². The number of halogens is 1. The van der Waals surface area contributed by atoms with Crippen LogP contribution < -0.4 is 4.72 Å². The molecule has 0 unspecified atom stereocenters. The Kier molecular flexibility index (Phi) is 4.42. The van der Waals surface area contributed by atoms with Gasteiger partial charge < -0.3 is 0 Å². The molecule has 0 aromatic carbocycles. The third-order valence-electron chi connectivity index (χ3n) is 2.90. The number of hydrogen-bond donors (Lipinski definition) is 1. The normalized spacial score (nSPS) is 18.3. The lowest BCUT2D eigenvalue weighted by molar-refractivity contribution is 0.427. The fourth-order valence-electron chi connectivity index (χ4n) is 1.95. The minimum absolute atomic E-state index is 0.163. The maximum Gasteiger partial charge on any atom is 0.301 e. The van der Waals surface area contributed by atoms with Crippen LogP contribution in [0, 0.1) is 0 Å². The molecule has 0 atom stereocenters. The Morgan fingerprint density at radius 1 is 1.22 bits per heavy atom. The standard InChI is InChI=1S/C11H16ClN3O2S/c12-11-10(6-5-7-13-11)14-18(16,17)15-8-3-1-2-4-9-15/h5-7,14H,1-4,8-9H2. The molecule has 1 aromatic heterocycles. The lowest BCUT2D eigenvalue weighted by Crippen LogP contribution is -2.36. The molecule has 100 valence electrons. The monoisotopic (exact) mass is 289 g/mol. The van der Waals surface area contributed by atoms with Crippen LogP contribution in [0.25, 0.3) is 0 Å². The van der Waals surface area contributed by atoms with Crippen LogP contribution in [0.1, 0.15) is 25.7 Å². The Morgan fingerprint density at radius 2 is 1.89 bits per heavy atom. The van der Waals surface area contributed by atoms with Crippen LogP contribution in [0.2, 0.25) is 5.15 Å². The van der Waals surface area contributed by atoms with E-state index in [9.17, 15) is 8.42 Å². The zero-order chi connectivity index (χ0) is 13.0. The molecule has 1 aliphatic heterocycles. The molecule has 0 spiro atoms. The maximum absolute atomic E-state index is 12.2. The van der Waals surface area contributed by atoms with Gasteiger partial charge in [0.25, 0.3) is 0 Å². The van der Waals surface area contributed by atoms with Crippen molar-refractivity contribution in [2.75, 3.05) is 17.8 Å². The molecule has 0 amide bonds. The van der Waals surface area contributed by atoms with Crippen LogP contribution in [-0.4, -0.2) is 30.8 Å². The smallest absolute Gasteiger partial charge is 0.268 e. The number of pyridine rings is 1. The van der Waals surface area contributed by atoms with Crippen molar-refractivity contribution in [1.29, 1.82) is 0 Å². The van der Waals surface area contributed by atoms with Gasteiger partial charge in [0.05, 0.1) is 5.69 Å². The number of aromatic nitrogens is 1. The summed E-state index contributed by atoms with van der Waals surface area (Å²) in [5.41, 5.74) is 0.323. The van der Waals surface area contributed by atoms with E-state index in [2.05, 4.69) is 9.71 Å². The molecular formula is C11H16ClN3O2S. The van der Waals surface area contributed by atoms with E-state index >= 15 is 0 Å². The van der Waals surface area contributed by atoms with Gasteiger partial charge in [-0.15, -0.1) is 0 Å². The topological polar surface area (TPSA) is 62.3 Å². The van der Waals surface area contributed by atoms with Crippen molar-refractivity contribution < 1.29 is 8.42 Å². The average Bonchev–Trinajstić information content (AvgIpc) is 2.61. The van der Waals surface area contributed by atoms with Gasteiger partial charge in [-0.3, -0.25) is 4.72 Å². The molecule has 18 heavy (non-hydrogen) atoms. The van der Waals surface area contributed by atoms with Crippen molar-refractivity contribution in [3.05, 3.63) is 23.5 Å². The predicted octanol–water partition coefficient (Wildman–Crippen LogP) is 2.27. The van der Waals surface area contributed by atoms with Crippen molar-refractivity contribution in [2.24, 2.45) is 0 Å². The summed E-state index contributed by atoms with van der Waals surface area (Å²) in [7, 11) is -3.52. The summed E-state index contributed by atoms with van der Waals surface area (Å²) in [5, 5.41) is 0.163. The van der Waals surface area contributed by atoms with Crippen LogP contribution in [0.4, 0.5) is 5.69 Å². The van der Waals surface area contributed by atoms with Crippen LogP contribution >= 0.6 is 11.6 Å². The number of nitrogens with zero attached hydrogens (tertiary/aromatic N) is 2. The molecule has 1 N–H and O–H groups in total. The van der Waals surface area contributed by atoms with Crippen molar-refractivity contribution in [2.45, 2.75) is 25.7 Å².